The summed E-state index contributed by atoms with van der Waals surface area (Å²) in [5, 5.41) is 0. The molecular formula is C19H28N2O4. The third-order valence-corrected chi connectivity index (χ3v) is 4.68. The number of fused-ring (bicyclic) bond motifs is 1. The highest BCUT2D eigenvalue weighted by Crippen LogP contribution is 2.30. The highest BCUT2D eigenvalue weighted by molar-refractivity contribution is 5.67. The molecule has 0 bridgehead atoms. The molecule has 1 amide bonds. The lowest BCUT2D eigenvalue weighted by atomic mass is 10.1. The average molecular weight is 348 g/mol. The smallest absolute Gasteiger partial charge is 0.409 e. The molecule has 0 N–H and O–H groups in total. The van der Waals surface area contributed by atoms with Crippen LogP contribution in [0, 0.1) is 0 Å². The zero-order chi connectivity index (χ0) is 17.5. The van der Waals surface area contributed by atoms with Crippen LogP contribution in [0.3, 0.4) is 0 Å². The van der Waals surface area contributed by atoms with Crippen LogP contribution >= 0.6 is 0 Å². The molecule has 0 saturated carbocycles. The molecule has 138 valence electrons. The van der Waals surface area contributed by atoms with Crippen LogP contribution in [-0.4, -0.2) is 68.4 Å². The summed E-state index contributed by atoms with van der Waals surface area (Å²) in [5.74, 6) is 1.69. The molecule has 0 aromatic heterocycles. The van der Waals surface area contributed by atoms with E-state index in [4.69, 9.17) is 14.2 Å². The number of piperazine rings is 1. The lowest BCUT2D eigenvalue weighted by molar-refractivity contribution is 0.0757. The Kier molecular flexibility index (Phi) is 6.39. The number of ether oxygens (including phenoxy) is 3. The Labute approximate surface area is 149 Å². The summed E-state index contributed by atoms with van der Waals surface area (Å²) >= 11 is 0. The van der Waals surface area contributed by atoms with Gasteiger partial charge < -0.3 is 19.1 Å². The number of benzene rings is 1. The van der Waals surface area contributed by atoms with E-state index in [1.807, 2.05) is 11.0 Å². The van der Waals surface area contributed by atoms with E-state index in [-0.39, 0.29) is 6.09 Å². The fourth-order valence-electron chi connectivity index (χ4n) is 3.08. The van der Waals surface area contributed by atoms with Crippen LogP contribution in [-0.2, 0) is 11.2 Å². The SMILES string of the molecule is CCCCOC(=O)N1CCN(CCc2ccc3c(c2)OCCO3)CC1. The molecule has 2 heterocycles. The van der Waals surface area contributed by atoms with Crippen molar-refractivity contribution >= 4 is 6.09 Å². The van der Waals surface area contributed by atoms with Crippen LogP contribution in [0.25, 0.3) is 0 Å². The fraction of sp³-hybridized carbons (Fsp3) is 0.632. The topological polar surface area (TPSA) is 51.2 Å². The molecule has 0 spiro atoms. The van der Waals surface area contributed by atoms with E-state index in [1.54, 1.807) is 0 Å². The van der Waals surface area contributed by atoms with E-state index in [9.17, 15) is 4.79 Å². The Morgan fingerprint density at radius 3 is 2.64 bits per heavy atom. The number of hydrogen-bond acceptors (Lipinski definition) is 5. The van der Waals surface area contributed by atoms with Crippen molar-refractivity contribution in [3.8, 4) is 11.5 Å². The van der Waals surface area contributed by atoms with Gasteiger partial charge in [0.2, 0.25) is 0 Å². The van der Waals surface area contributed by atoms with Gasteiger partial charge in [0.15, 0.2) is 11.5 Å². The number of carbonyl (C=O) groups is 1. The first-order valence-electron chi connectivity index (χ1n) is 9.29. The molecule has 0 radical (unpaired) electrons. The molecular weight excluding hydrogens is 320 g/mol. The molecule has 1 saturated heterocycles. The van der Waals surface area contributed by atoms with Gasteiger partial charge in [-0.3, -0.25) is 4.90 Å². The number of nitrogens with zero attached hydrogens (tertiary/aromatic N) is 2. The maximum atomic E-state index is 12.0. The Morgan fingerprint density at radius 2 is 1.88 bits per heavy atom. The van der Waals surface area contributed by atoms with Gasteiger partial charge in [0, 0.05) is 32.7 Å². The van der Waals surface area contributed by atoms with E-state index in [0.717, 1.165) is 63.5 Å². The quantitative estimate of drug-likeness (QED) is 0.740. The third kappa shape index (κ3) is 5.01. The second-order valence-electron chi connectivity index (χ2n) is 6.52. The van der Waals surface area contributed by atoms with Gasteiger partial charge in [0.25, 0.3) is 0 Å². The maximum absolute atomic E-state index is 12.0. The molecule has 0 unspecified atom stereocenters. The van der Waals surface area contributed by atoms with Gasteiger partial charge in [-0.05, 0) is 30.5 Å². The van der Waals surface area contributed by atoms with Gasteiger partial charge in [-0.2, -0.15) is 0 Å². The molecule has 0 aliphatic carbocycles. The van der Waals surface area contributed by atoms with Gasteiger partial charge in [0.1, 0.15) is 13.2 Å². The van der Waals surface area contributed by atoms with E-state index >= 15 is 0 Å². The Bertz CT molecular complexity index is 571. The molecule has 0 atom stereocenters. The van der Waals surface area contributed by atoms with Crippen molar-refractivity contribution in [2.45, 2.75) is 26.2 Å². The number of amides is 1. The largest absolute Gasteiger partial charge is 0.486 e. The minimum absolute atomic E-state index is 0.167. The summed E-state index contributed by atoms with van der Waals surface area (Å²) in [6.45, 7) is 8.12. The summed E-state index contributed by atoms with van der Waals surface area (Å²) in [4.78, 5) is 16.2. The Hall–Kier alpha value is -1.95. The molecule has 1 aromatic rings. The standard InChI is InChI=1S/C19H28N2O4/c1-2-3-12-25-19(22)21-10-8-20(9-11-21)7-6-16-4-5-17-18(15-16)24-14-13-23-17/h4-5,15H,2-3,6-14H2,1H3. The highest BCUT2D eigenvalue weighted by Gasteiger charge is 2.22. The van der Waals surface area contributed by atoms with Gasteiger partial charge >= 0.3 is 6.09 Å². The predicted octanol–water partition coefficient (Wildman–Crippen LogP) is 2.55. The second-order valence-corrected chi connectivity index (χ2v) is 6.52. The molecule has 6 nitrogen and oxygen atoms in total. The molecule has 25 heavy (non-hydrogen) atoms. The molecule has 2 aliphatic rings. The molecule has 2 aliphatic heterocycles. The zero-order valence-electron chi connectivity index (χ0n) is 15.0. The van der Waals surface area contributed by atoms with Gasteiger partial charge in [-0.15, -0.1) is 0 Å². The van der Waals surface area contributed by atoms with Crippen LogP contribution in [0.15, 0.2) is 18.2 Å². The predicted molar refractivity (Wildman–Crippen MR) is 95.4 cm³/mol. The summed E-state index contributed by atoms with van der Waals surface area (Å²) < 4.78 is 16.5. The van der Waals surface area contributed by atoms with Crippen LogP contribution in [0.5, 0.6) is 11.5 Å². The van der Waals surface area contributed by atoms with E-state index in [2.05, 4.69) is 24.0 Å². The summed E-state index contributed by atoms with van der Waals surface area (Å²) in [5.41, 5.74) is 1.26. The lowest BCUT2D eigenvalue weighted by Gasteiger charge is -2.34. The van der Waals surface area contributed by atoms with Crippen LogP contribution in [0.2, 0.25) is 0 Å². The number of carbonyl (C=O) groups excluding carboxylic acids is 1. The minimum Gasteiger partial charge on any atom is -0.486 e. The van der Waals surface area contributed by atoms with Crippen LogP contribution < -0.4 is 9.47 Å². The summed E-state index contributed by atoms with van der Waals surface area (Å²) in [6.07, 6.45) is 2.78. The molecule has 3 rings (SSSR count). The Morgan fingerprint density at radius 1 is 1.12 bits per heavy atom. The van der Waals surface area contributed by atoms with Gasteiger partial charge in [-0.1, -0.05) is 19.4 Å². The van der Waals surface area contributed by atoms with E-state index in [1.165, 1.54) is 5.56 Å². The van der Waals surface area contributed by atoms with Crippen molar-refractivity contribution in [3.63, 3.8) is 0 Å². The van der Waals surface area contributed by atoms with Crippen LogP contribution in [0.1, 0.15) is 25.3 Å². The first-order valence-corrected chi connectivity index (χ1v) is 9.29. The van der Waals surface area contributed by atoms with Crippen molar-refractivity contribution in [2.75, 3.05) is 52.5 Å². The Balaban J connectivity index is 1.40. The fourth-order valence-corrected chi connectivity index (χ4v) is 3.08. The zero-order valence-corrected chi connectivity index (χ0v) is 15.0. The normalized spacial score (nSPS) is 17.4. The van der Waals surface area contributed by atoms with Crippen molar-refractivity contribution in [1.82, 2.24) is 9.80 Å². The van der Waals surface area contributed by atoms with Crippen molar-refractivity contribution in [3.05, 3.63) is 23.8 Å². The lowest BCUT2D eigenvalue weighted by Crippen LogP contribution is -2.49. The first-order chi connectivity index (χ1) is 12.3. The highest BCUT2D eigenvalue weighted by atomic mass is 16.6. The summed E-state index contributed by atoms with van der Waals surface area (Å²) in [7, 11) is 0. The van der Waals surface area contributed by atoms with E-state index < -0.39 is 0 Å². The summed E-state index contributed by atoms with van der Waals surface area (Å²) in [6, 6.07) is 6.18. The molecule has 6 heteroatoms. The maximum Gasteiger partial charge on any atom is 0.409 e. The second kappa shape index (κ2) is 8.94. The number of hydrogen-bond donors (Lipinski definition) is 0. The molecule has 1 fully saturated rings. The first kappa shape index (κ1) is 17.9. The van der Waals surface area contributed by atoms with E-state index in [0.29, 0.717) is 19.8 Å². The number of rotatable bonds is 6. The van der Waals surface area contributed by atoms with Crippen molar-refractivity contribution < 1.29 is 19.0 Å². The van der Waals surface area contributed by atoms with Crippen molar-refractivity contribution in [1.29, 1.82) is 0 Å². The third-order valence-electron chi connectivity index (χ3n) is 4.68. The monoisotopic (exact) mass is 348 g/mol. The molecule has 1 aromatic carbocycles. The number of unbranched alkanes of at least 4 members (excludes halogenated alkanes) is 1. The minimum atomic E-state index is -0.167. The van der Waals surface area contributed by atoms with Crippen LogP contribution in [0.4, 0.5) is 4.79 Å². The van der Waals surface area contributed by atoms with Crippen molar-refractivity contribution in [2.24, 2.45) is 0 Å². The van der Waals surface area contributed by atoms with Gasteiger partial charge in [-0.25, -0.2) is 4.79 Å². The van der Waals surface area contributed by atoms with Gasteiger partial charge in [0.05, 0.1) is 6.61 Å². The average Bonchev–Trinajstić information content (AvgIpc) is 2.66.